The largest absolute Gasteiger partial charge is 0.372 e. The first-order valence-corrected chi connectivity index (χ1v) is 6.46. The van der Waals surface area contributed by atoms with Gasteiger partial charge in [0.05, 0.1) is 18.9 Å². The summed E-state index contributed by atoms with van der Waals surface area (Å²) in [5, 5.41) is 2.51. The Morgan fingerprint density at radius 1 is 0.947 bits per heavy atom. The summed E-state index contributed by atoms with van der Waals surface area (Å²) in [6.45, 7) is 1.39. The molecule has 0 atom stereocenters. The number of aromatic nitrogens is 1. The molecule has 0 N–H and O–H groups in total. The maximum Gasteiger partial charge on any atom is 0.0731 e. The van der Waals surface area contributed by atoms with Crippen molar-refractivity contribution in [1.82, 2.24) is 4.98 Å². The molecule has 0 aliphatic carbocycles. The lowest BCUT2D eigenvalue weighted by atomic mass is 9.93. The molecule has 4 rings (SSSR count). The van der Waals surface area contributed by atoms with Crippen LogP contribution in [0.2, 0.25) is 0 Å². The minimum atomic E-state index is 0.687. The van der Waals surface area contributed by atoms with E-state index in [9.17, 15) is 0 Å². The smallest absolute Gasteiger partial charge is 0.0731 e. The molecule has 1 aliphatic rings. The molecule has 0 saturated carbocycles. The highest BCUT2D eigenvalue weighted by atomic mass is 16.5. The number of benzene rings is 2. The summed E-state index contributed by atoms with van der Waals surface area (Å²) in [7, 11) is 0. The second-order valence-corrected chi connectivity index (χ2v) is 4.82. The standard InChI is InChI=1S/C17H13NO/c1-2-6-14-12(5-1)9-13-10-19-11-15(13)17(14)16-7-3-4-8-18-16/h1-9H,10-11H2. The number of rotatable bonds is 1. The van der Waals surface area contributed by atoms with E-state index in [0.717, 1.165) is 5.69 Å². The summed E-state index contributed by atoms with van der Waals surface area (Å²) in [5.41, 5.74) is 4.84. The second-order valence-electron chi connectivity index (χ2n) is 4.82. The zero-order valence-electron chi connectivity index (χ0n) is 10.5. The molecule has 0 bridgehead atoms. The molecule has 3 aromatic rings. The Morgan fingerprint density at radius 3 is 2.74 bits per heavy atom. The molecule has 0 saturated heterocycles. The van der Waals surface area contributed by atoms with Crippen LogP contribution in [-0.4, -0.2) is 4.98 Å². The second kappa shape index (κ2) is 4.18. The summed E-state index contributed by atoms with van der Waals surface area (Å²) < 4.78 is 5.62. The molecule has 1 aliphatic heterocycles. The predicted molar refractivity (Wildman–Crippen MR) is 75.7 cm³/mol. The number of hydrogen-bond acceptors (Lipinski definition) is 2. The Bertz CT molecular complexity index is 750. The summed E-state index contributed by atoms with van der Waals surface area (Å²) >= 11 is 0. The molecule has 0 fully saturated rings. The molecule has 92 valence electrons. The first-order valence-electron chi connectivity index (χ1n) is 6.46. The van der Waals surface area contributed by atoms with Gasteiger partial charge in [0.15, 0.2) is 0 Å². The topological polar surface area (TPSA) is 22.1 Å². The first kappa shape index (κ1) is 10.7. The minimum absolute atomic E-state index is 0.687. The fraction of sp³-hybridized carbons (Fsp3) is 0.118. The van der Waals surface area contributed by atoms with Gasteiger partial charge in [-0.1, -0.05) is 30.3 Å². The fourth-order valence-corrected chi connectivity index (χ4v) is 2.81. The van der Waals surface area contributed by atoms with Crippen molar-refractivity contribution >= 4 is 10.8 Å². The van der Waals surface area contributed by atoms with Crippen LogP contribution in [0.15, 0.2) is 54.7 Å². The van der Waals surface area contributed by atoms with E-state index in [-0.39, 0.29) is 0 Å². The van der Waals surface area contributed by atoms with Crippen molar-refractivity contribution in [2.24, 2.45) is 0 Å². The Kier molecular flexibility index (Phi) is 2.35. The van der Waals surface area contributed by atoms with Gasteiger partial charge >= 0.3 is 0 Å². The van der Waals surface area contributed by atoms with Crippen LogP contribution in [0.4, 0.5) is 0 Å². The number of pyridine rings is 1. The van der Waals surface area contributed by atoms with Crippen molar-refractivity contribution in [3.05, 3.63) is 65.9 Å². The van der Waals surface area contributed by atoms with E-state index in [1.807, 2.05) is 18.3 Å². The van der Waals surface area contributed by atoms with Gasteiger partial charge in [0.2, 0.25) is 0 Å². The Morgan fingerprint density at radius 2 is 1.84 bits per heavy atom. The lowest BCUT2D eigenvalue weighted by Crippen LogP contribution is -1.93. The van der Waals surface area contributed by atoms with E-state index in [2.05, 4.69) is 41.4 Å². The monoisotopic (exact) mass is 247 g/mol. The van der Waals surface area contributed by atoms with Gasteiger partial charge in [0.1, 0.15) is 0 Å². The van der Waals surface area contributed by atoms with Gasteiger partial charge in [-0.3, -0.25) is 4.98 Å². The highest BCUT2D eigenvalue weighted by Crippen LogP contribution is 2.36. The van der Waals surface area contributed by atoms with Crippen molar-refractivity contribution < 1.29 is 4.74 Å². The van der Waals surface area contributed by atoms with Gasteiger partial charge in [0.25, 0.3) is 0 Å². The van der Waals surface area contributed by atoms with Crippen molar-refractivity contribution in [3.63, 3.8) is 0 Å². The highest BCUT2D eigenvalue weighted by Gasteiger charge is 2.19. The Balaban J connectivity index is 2.13. The average Bonchev–Trinajstić information content (AvgIpc) is 2.93. The Hall–Kier alpha value is -2.19. The molecule has 0 amide bonds. The van der Waals surface area contributed by atoms with Gasteiger partial charge < -0.3 is 4.74 Å². The quantitative estimate of drug-likeness (QED) is 0.650. The number of fused-ring (bicyclic) bond motifs is 2. The lowest BCUT2D eigenvalue weighted by Gasteiger charge is -2.11. The van der Waals surface area contributed by atoms with Gasteiger partial charge in [-0.15, -0.1) is 0 Å². The van der Waals surface area contributed by atoms with E-state index in [4.69, 9.17) is 4.74 Å². The van der Waals surface area contributed by atoms with E-state index in [1.54, 1.807) is 0 Å². The lowest BCUT2D eigenvalue weighted by molar-refractivity contribution is 0.134. The molecule has 2 aromatic carbocycles. The van der Waals surface area contributed by atoms with Crippen molar-refractivity contribution in [1.29, 1.82) is 0 Å². The van der Waals surface area contributed by atoms with Crippen LogP contribution in [0.25, 0.3) is 22.0 Å². The maximum atomic E-state index is 5.62. The van der Waals surface area contributed by atoms with E-state index in [0.29, 0.717) is 13.2 Å². The van der Waals surface area contributed by atoms with Gasteiger partial charge in [-0.25, -0.2) is 0 Å². The summed E-state index contributed by atoms with van der Waals surface area (Å²) in [6.07, 6.45) is 1.85. The summed E-state index contributed by atoms with van der Waals surface area (Å²) in [4.78, 5) is 4.52. The molecule has 0 radical (unpaired) electrons. The van der Waals surface area contributed by atoms with E-state index < -0.39 is 0 Å². The normalized spacial score (nSPS) is 13.7. The highest BCUT2D eigenvalue weighted by molar-refractivity contribution is 5.98. The summed E-state index contributed by atoms with van der Waals surface area (Å²) in [6, 6.07) is 16.8. The minimum Gasteiger partial charge on any atom is -0.372 e. The third kappa shape index (κ3) is 1.65. The average molecular weight is 247 g/mol. The van der Waals surface area contributed by atoms with Gasteiger partial charge in [0, 0.05) is 11.8 Å². The van der Waals surface area contributed by atoms with Gasteiger partial charge in [-0.05, 0) is 40.1 Å². The molecular formula is C17H13NO. The number of nitrogens with zero attached hydrogens (tertiary/aromatic N) is 1. The molecule has 0 unspecified atom stereocenters. The van der Waals surface area contributed by atoms with Gasteiger partial charge in [-0.2, -0.15) is 0 Å². The Labute approximate surface area is 111 Å². The maximum absolute atomic E-state index is 5.62. The summed E-state index contributed by atoms with van der Waals surface area (Å²) in [5.74, 6) is 0. The first-order chi connectivity index (χ1) is 9.43. The molecule has 2 heterocycles. The molecule has 1 aromatic heterocycles. The molecule has 19 heavy (non-hydrogen) atoms. The predicted octanol–water partition coefficient (Wildman–Crippen LogP) is 3.93. The van der Waals surface area contributed by atoms with Crippen LogP contribution >= 0.6 is 0 Å². The SMILES string of the molecule is c1ccc(-c2c3c(cc4ccccc24)COC3)nc1. The zero-order valence-corrected chi connectivity index (χ0v) is 10.5. The molecule has 0 spiro atoms. The van der Waals surface area contributed by atoms with Crippen LogP contribution in [0.3, 0.4) is 0 Å². The van der Waals surface area contributed by atoms with E-state index >= 15 is 0 Å². The number of hydrogen-bond donors (Lipinski definition) is 0. The zero-order chi connectivity index (χ0) is 12.7. The number of ether oxygens (including phenoxy) is 1. The third-order valence-electron chi connectivity index (χ3n) is 3.67. The van der Waals surface area contributed by atoms with Crippen LogP contribution < -0.4 is 0 Å². The van der Waals surface area contributed by atoms with Crippen LogP contribution in [0, 0.1) is 0 Å². The molecule has 2 nitrogen and oxygen atoms in total. The van der Waals surface area contributed by atoms with Crippen molar-refractivity contribution in [2.75, 3.05) is 0 Å². The molecule has 2 heteroatoms. The molecular weight excluding hydrogens is 234 g/mol. The van der Waals surface area contributed by atoms with Crippen LogP contribution in [-0.2, 0) is 18.0 Å². The van der Waals surface area contributed by atoms with Crippen LogP contribution in [0.5, 0.6) is 0 Å². The van der Waals surface area contributed by atoms with Crippen molar-refractivity contribution in [2.45, 2.75) is 13.2 Å². The van der Waals surface area contributed by atoms with Crippen LogP contribution in [0.1, 0.15) is 11.1 Å². The third-order valence-corrected chi connectivity index (χ3v) is 3.67. The fourth-order valence-electron chi connectivity index (χ4n) is 2.81. The van der Waals surface area contributed by atoms with E-state index in [1.165, 1.54) is 27.5 Å². The van der Waals surface area contributed by atoms with Crippen molar-refractivity contribution in [3.8, 4) is 11.3 Å².